The number of hydrogen-bond donors (Lipinski definition) is 1. The van der Waals surface area contributed by atoms with Gasteiger partial charge in [-0.05, 0) is 25.2 Å². The quantitative estimate of drug-likeness (QED) is 0.823. The van der Waals surface area contributed by atoms with Crippen molar-refractivity contribution >= 4 is 0 Å². The third-order valence-electron chi connectivity index (χ3n) is 3.60. The summed E-state index contributed by atoms with van der Waals surface area (Å²) in [5.41, 5.74) is 7.18. The molecule has 0 saturated heterocycles. The van der Waals surface area contributed by atoms with E-state index in [-0.39, 0.29) is 0 Å². The van der Waals surface area contributed by atoms with E-state index in [2.05, 4.69) is 23.4 Å². The highest BCUT2D eigenvalue weighted by molar-refractivity contribution is 5.10. The molecule has 84 valence electrons. The van der Waals surface area contributed by atoms with Crippen molar-refractivity contribution in [2.75, 3.05) is 6.54 Å². The standard InChI is InChI=1S/C12H21N3/c1-9(2)11(6-13)12-7-14-8-15(12)10-4-3-5-10/h7-11H,3-6,13H2,1-2H3. The zero-order valence-corrected chi connectivity index (χ0v) is 9.69. The molecule has 1 fully saturated rings. The summed E-state index contributed by atoms with van der Waals surface area (Å²) in [7, 11) is 0. The fraction of sp³-hybridized carbons (Fsp3) is 0.750. The minimum atomic E-state index is 0.452. The van der Waals surface area contributed by atoms with E-state index in [1.807, 2.05) is 12.5 Å². The first-order valence-electron chi connectivity index (χ1n) is 5.95. The van der Waals surface area contributed by atoms with E-state index in [0.29, 0.717) is 17.9 Å². The molecule has 1 heterocycles. The fourth-order valence-corrected chi connectivity index (χ4v) is 2.31. The van der Waals surface area contributed by atoms with Gasteiger partial charge in [0.15, 0.2) is 0 Å². The van der Waals surface area contributed by atoms with Crippen LogP contribution in [0.2, 0.25) is 0 Å². The second-order valence-corrected chi connectivity index (χ2v) is 4.90. The first-order chi connectivity index (χ1) is 7.24. The van der Waals surface area contributed by atoms with E-state index in [4.69, 9.17) is 5.73 Å². The lowest BCUT2D eigenvalue weighted by Crippen LogP contribution is -2.25. The van der Waals surface area contributed by atoms with Crippen molar-refractivity contribution in [1.29, 1.82) is 0 Å². The summed E-state index contributed by atoms with van der Waals surface area (Å²) in [6, 6.07) is 0.690. The molecule has 0 aliphatic heterocycles. The van der Waals surface area contributed by atoms with Crippen LogP contribution in [0.1, 0.15) is 50.8 Å². The first kappa shape index (κ1) is 10.7. The van der Waals surface area contributed by atoms with Gasteiger partial charge in [-0.3, -0.25) is 0 Å². The van der Waals surface area contributed by atoms with Crippen molar-refractivity contribution in [3.05, 3.63) is 18.2 Å². The van der Waals surface area contributed by atoms with Gasteiger partial charge in [-0.25, -0.2) is 4.98 Å². The van der Waals surface area contributed by atoms with Crippen LogP contribution in [-0.4, -0.2) is 16.1 Å². The lowest BCUT2D eigenvalue weighted by Gasteiger charge is -2.31. The van der Waals surface area contributed by atoms with E-state index in [0.717, 1.165) is 6.54 Å². The summed E-state index contributed by atoms with van der Waals surface area (Å²) < 4.78 is 2.35. The van der Waals surface area contributed by atoms with Crippen LogP contribution in [0.4, 0.5) is 0 Å². The Morgan fingerprint density at radius 1 is 1.53 bits per heavy atom. The van der Waals surface area contributed by atoms with Gasteiger partial charge in [0, 0.05) is 30.4 Å². The number of rotatable bonds is 4. The van der Waals surface area contributed by atoms with Gasteiger partial charge in [-0.15, -0.1) is 0 Å². The van der Waals surface area contributed by atoms with Crippen LogP contribution in [0.25, 0.3) is 0 Å². The third kappa shape index (κ3) is 1.93. The average molecular weight is 207 g/mol. The number of imidazole rings is 1. The van der Waals surface area contributed by atoms with Crippen molar-refractivity contribution in [2.45, 2.75) is 45.1 Å². The van der Waals surface area contributed by atoms with E-state index in [1.54, 1.807) is 0 Å². The van der Waals surface area contributed by atoms with Crippen LogP contribution in [0, 0.1) is 5.92 Å². The van der Waals surface area contributed by atoms with Gasteiger partial charge in [-0.2, -0.15) is 0 Å². The summed E-state index contributed by atoms with van der Waals surface area (Å²) in [6.07, 6.45) is 7.94. The van der Waals surface area contributed by atoms with Crippen LogP contribution >= 0.6 is 0 Å². The Hall–Kier alpha value is -0.830. The highest BCUT2D eigenvalue weighted by atomic mass is 15.1. The molecule has 1 unspecified atom stereocenters. The Balaban J connectivity index is 2.22. The topological polar surface area (TPSA) is 43.8 Å². The highest BCUT2D eigenvalue weighted by Gasteiger charge is 2.25. The molecule has 1 saturated carbocycles. The molecule has 2 rings (SSSR count). The van der Waals surface area contributed by atoms with Crippen LogP contribution in [0.15, 0.2) is 12.5 Å². The van der Waals surface area contributed by atoms with Crippen molar-refractivity contribution < 1.29 is 0 Å². The third-order valence-corrected chi connectivity index (χ3v) is 3.60. The molecule has 1 aromatic heterocycles. The largest absolute Gasteiger partial charge is 0.331 e. The average Bonchev–Trinajstić information content (AvgIpc) is 2.51. The van der Waals surface area contributed by atoms with E-state index < -0.39 is 0 Å². The van der Waals surface area contributed by atoms with Crippen LogP contribution in [0.3, 0.4) is 0 Å². The Kier molecular flexibility index (Phi) is 3.10. The molecular formula is C12H21N3. The van der Waals surface area contributed by atoms with E-state index in [1.165, 1.54) is 25.0 Å². The highest BCUT2D eigenvalue weighted by Crippen LogP contribution is 2.35. The smallest absolute Gasteiger partial charge is 0.0950 e. The van der Waals surface area contributed by atoms with E-state index in [9.17, 15) is 0 Å². The Morgan fingerprint density at radius 2 is 2.27 bits per heavy atom. The molecule has 0 amide bonds. The molecule has 1 atom stereocenters. The van der Waals surface area contributed by atoms with Gasteiger partial charge >= 0.3 is 0 Å². The Bertz CT molecular complexity index is 312. The van der Waals surface area contributed by atoms with Gasteiger partial charge in [0.25, 0.3) is 0 Å². The maximum atomic E-state index is 5.85. The zero-order chi connectivity index (χ0) is 10.8. The van der Waals surface area contributed by atoms with Crippen LogP contribution in [-0.2, 0) is 0 Å². The minimum absolute atomic E-state index is 0.452. The Morgan fingerprint density at radius 3 is 2.73 bits per heavy atom. The summed E-state index contributed by atoms with van der Waals surface area (Å²) in [4.78, 5) is 4.28. The molecule has 1 aliphatic rings. The molecule has 15 heavy (non-hydrogen) atoms. The Labute approximate surface area is 91.7 Å². The predicted molar refractivity (Wildman–Crippen MR) is 61.7 cm³/mol. The minimum Gasteiger partial charge on any atom is -0.331 e. The van der Waals surface area contributed by atoms with Crippen LogP contribution < -0.4 is 5.73 Å². The van der Waals surface area contributed by atoms with Crippen molar-refractivity contribution in [3.8, 4) is 0 Å². The van der Waals surface area contributed by atoms with Gasteiger partial charge in [0.05, 0.1) is 6.33 Å². The van der Waals surface area contributed by atoms with Crippen molar-refractivity contribution in [1.82, 2.24) is 9.55 Å². The van der Waals surface area contributed by atoms with Gasteiger partial charge in [0.1, 0.15) is 0 Å². The number of nitrogens with zero attached hydrogens (tertiary/aromatic N) is 2. The molecule has 0 aromatic carbocycles. The fourth-order valence-electron chi connectivity index (χ4n) is 2.31. The molecule has 2 N–H and O–H groups in total. The lowest BCUT2D eigenvalue weighted by atomic mass is 9.89. The van der Waals surface area contributed by atoms with E-state index >= 15 is 0 Å². The SMILES string of the molecule is CC(C)C(CN)c1cncn1C1CCC1. The first-order valence-corrected chi connectivity index (χ1v) is 5.95. The molecule has 0 bridgehead atoms. The molecule has 1 aromatic rings. The van der Waals surface area contributed by atoms with Gasteiger partial charge in [-0.1, -0.05) is 13.8 Å². The summed E-state index contributed by atoms with van der Waals surface area (Å²) in [6.45, 7) is 5.18. The molecule has 1 aliphatic carbocycles. The molecule has 0 spiro atoms. The normalized spacial score (nSPS) is 19.2. The number of aromatic nitrogens is 2. The number of nitrogens with two attached hydrogens (primary N) is 1. The maximum Gasteiger partial charge on any atom is 0.0950 e. The molecular weight excluding hydrogens is 186 g/mol. The van der Waals surface area contributed by atoms with Gasteiger partial charge in [0.2, 0.25) is 0 Å². The second-order valence-electron chi connectivity index (χ2n) is 4.90. The van der Waals surface area contributed by atoms with Crippen LogP contribution in [0.5, 0.6) is 0 Å². The zero-order valence-electron chi connectivity index (χ0n) is 9.69. The van der Waals surface area contributed by atoms with Crippen molar-refractivity contribution in [2.24, 2.45) is 11.7 Å². The monoisotopic (exact) mass is 207 g/mol. The summed E-state index contributed by atoms with van der Waals surface area (Å²) in [5, 5.41) is 0. The van der Waals surface area contributed by atoms with Gasteiger partial charge < -0.3 is 10.3 Å². The lowest BCUT2D eigenvalue weighted by molar-refractivity contribution is 0.297. The molecule has 3 heteroatoms. The second kappa shape index (κ2) is 4.35. The molecule has 0 radical (unpaired) electrons. The van der Waals surface area contributed by atoms with Crippen molar-refractivity contribution in [3.63, 3.8) is 0 Å². The maximum absolute atomic E-state index is 5.85. The summed E-state index contributed by atoms with van der Waals surface area (Å²) >= 11 is 0. The predicted octanol–water partition coefficient (Wildman–Crippen LogP) is 2.31. The summed E-state index contributed by atoms with van der Waals surface area (Å²) in [5.74, 6) is 1.04. The number of hydrogen-bond acceptors (Lipinski definition) is 2. The molecule has 3 nitrogen and oxygen atoms in total.